The summed E-state index contributed by atoms with van der Waals surface area (Å²) in [7, 11) is 0. The maximum Gasteiger partial charge on any atom is 0.308 e. The Morgan fingerprint density at radius 3 is 2.29 bits per heavy atom. The molecule has 0 aliphatic heterocycles. The maximum atomic E-state index is 13.1. The fourth-order valence-corrected chi connectivity index (χ4v) is 2.12. The van der Waals surface area contributed by atoms with Gasteiger partial charge in [0, 0.05) is 6.07 Å². The van der Waals surface area contributed by atoms with Crippen LogP contribution in [0.25, 0.3) is 0 Å². The number of hydrogen-bond donors (Lipinski definition) is 2. The Kier molecular flexibility index (Phi) is 7.29. The SMILES string of the molecule is CCOC(=O)[C@@H](C)C[C@H](NC(=O)Cc1cc(F)cc(F)c1)C(N)=O. The maximum absolute atomic E-state index is 13.1. The van der Waals surface area contributed by atoms with Crippen LogP contribution >= 0.6 is 0 Å². The van der Waals surface area contributed by atoms with Gasteiger partial charge in [0.25, 0.3) is 0 Å². The van der Waals surface area contributed by atoms with Gasteiger partial charge >= 0.3 is 5.97 Å². The van der Waals surface area contributed by atoms with Crippen LogP contribution < -0.4 is 11.1 Å². The van der Waals surface area contributed by atoms with Crippen molar-refractivity contribution >= 4 is 17.8 Å². The number of carbonyl (C=O) groups is 3. The number of nitrogens with two attached hydrogens (primary N) is 1. The predicted octanol–water partition coefficient (Wildman–Crippen LogP) is 1.07. The zero-order valence-corrected chi connectivity index (χ0v) is 13.5. The second-order valence-corrected chi connectivity index (χ2v) is 5.37. The highest BCUT2D eigenvalue weighted by Gasteiger charge is 2.25. The molecular formula is C16H20F2N2O4. The number of hydrogen-bond acceptors (Lipinski definition) is 4. The number of carbonyl (C=O) groups excluding carboxylic acids is 3. The Morgan fingerprint density at radius 2 is 1.79 bits per heavy atom. The first-order valence-corrected chi connectivity index (χ1v) is 7.43. The van der Waals surface area contributed by atoms with Gasteiger partial charge in [0.05, 0.1) is 18.9 Å². The topological polar surface area (TPSA) is 98.5 Å². The van der Waals surface area contributed by atoms with Gasteiger partial charge in [0.15, 0.2) is 0 Å². The third kappa shape index (κ3) is 6.31. The molecule has 0 saturated carbocycles. The fourth-order valence-electron chi connectivity index (χ4n) is 2.12. The highest BCUT2D eigenvalue weighted by molar-refractivity contribution is 5.88. The van der Waals surface area contributed by atoms with Crippen LogP contribution in [0.15, 0.2) is 18.2 Å². The standard InChI is InChI=1S/C16H20F2N2O4/c1-3-24-16(23)9(2)4-13(15(19)22)20-14(21)7-10-5-11(17)8-12(18)6-10/h5-6,8-9,13H,3-4,7H2,1-2H3,(H2,19,22)(H,20,21)/t9-,13-/m0/s1. The van der Waals surface area contributed by atoms with Crippen LogP contribution in [-0.2, 0) is 25.5 Å². The van der Waals surface area contributed by atoms with E-state index in [0.717, 1.165) is 12.1 Å². The van der Waals surface area contributed by atoms with E-state index in [4.69, 9.17) is 10.5 Å². The van der Waals surface area contributed by atoms with E-state index in [0.29, 0.717) is 6.07 Å². The van der Waals surface area contributed by atoms with Crippen LogP contribution in [0.3, 0.4) is 0 Å². The average Bonchev–Trinajstić information content (AvgIpc) is 2.45. The Bertz CT molecular complexity index is 602. The Balaban J connectivity index is 2.69. The number of ether oxygens (including phenoxy) is 1. The quantitative estimate of drug-likeness (QED) is 0.690. The first-order valence-electron chi connectivity index (χ1n) is 7.43. The van der Waals surface area contributed by atoms with Gasteiger partial charge in [-0.3, -0.25) is 14.4 Å². The number of nitrogens with one attached hydrogen (secondary N) is 1. The van der Waals surface area contributed by atoms with Crippen LogP contribution in [-0.4, -0.2) is 30.4 Å². The van der Waals surface area contributed by atoms with Crippen molar-refractivity contribution in [1.29, 1.82) is 0 Å². The molecule has 1 aromatic rings. The largest absolute Gasteiger partial charge is 0.466 e. The van der Waals surface area contributed by atoms with E-state index >= 15 is 0 Å². The molecule has 0 aliphatic rings. The molecule has 132 valence electrons. The molecule has 0 fully saturated rings. The van der Waals surface area contributed by atoms with Crippen molar-refractivity contribution in [1.82, 2.24) is 5.32 Å². The smallest absolute Gasteiger partial charge is 0.308 e. The molecule has 3 N–H and O–H groups in total. The number of rotatable bonds is 8. The molecule has 0 spiro atoms. The lowest BCUT2D eigenvalue weighted by atomic mass is 10.0. The van der Waals surface area contributed by atoms with E-state index in [1.165, 1.54) is 0 Å². The lowest BCUT2D eigenvalue weighted by Crippen LogP contribution is -2.46. The normalized spacial score (nSPS) is 13.0. The molecule has 1 rings (SSSR count). The number of esters is 1. The van der Waals surface area contributed by atoms with E-state index < -0.39 is 41.4 Å². The molecule has 0 unspecified atom stereocenters. The highest BCUT2D eigenvalue weighted by atomic mass is 19.1. The summed E-state index contributed by atoms with van der Waals surface area (Å²) in [6.07, 6.45) is -0.357. The van der Waals surface area contributed by atoms with Crippen LogP contribution in [0.2, 0.25) is 0 Å². The van der Waals surface area contributed by atoms with Gasteiger partial charge in [0.2, 0.25) is 11.8 Å². The van der Waals surface area contributed by atoms with Crippen molar-refractivity contribution in [2.45, 2.75) is 32.7 Å². The molecule has 8 heteroatoms. The van der Waals surface area contributed by atoms with E-state index in [2.05, 4.69) is 5.32 Å². The lowest BCUT2D eigenvalue weighted by Gasteiger charge is -2.19. The summed E-state index contributed by atoms with van der Waals surface area (Å²) in [6, 6.07) is 1.64. The van der Waals surface area contributed by atoms with Crippen molar-refractivity contribution in [2.24, 2.45) is 11.7 Å². The Hall–Kier alpha value is -2.51. The van der Waals surface area contributed by atoms with Crippen LogP contribution in [0, 0.1) is 17.6 Å². The summed E-state index contributed by atoms with van der Waals surface area (Å²) in [5, 5.41) is 2.37. The Morgan fingerprint density at radius 1 is 1.21 bits per heavy atom. The fraction of sp³-hybridized carbons (Fsp3) is 0.438. The van der Waals surface area contributed by atoms with Crippen molar-refractivity contribution < 1.29 is 27.9 Å². The minimum atomic E-state index is -1.09. The zero-order valence-electron chi connectivity index (χ0n) is 13.5. The average molecular weight is 342 g/mol. The van der Waals surface area contributed by atoms with Gasteiger partial charge in [-0.1, -0.05) is 6.92 Å². The minimum Gasteiger partial charge on any atom is -0.466 e. The molecule has 0 heterocycles. The van der Waals surface area contributed by atoms with E-state index in [1.807, 2.05) is 0 Å². The monoisotopic (exact) mass is 342 g/mol. The summed E-state index contributed by atoms with van der Waals surface area (Å²) in [5.41, 5.74) is 5.34. The van der Waals surface area contributed by atoms with Gasteiger partial charge in [-0.2, -0.15) is 0 Å². The van der Waals surface area contributed by atoms with Crippen LogP contribution in [0.1, 0.15) is 25.8 Å². The molecular weight excluding hydrogens is 322 g/mol. The molecule has 2 atom stereocenters. The van der Waals surface area contributed by atoms with Gasteiger partial charge in [0.1, 0.15) is 17.7 Å². The minimum absolute atomic E-state index is 0.0303. The van der Waals surface area contributed by atoms with E-state index in [-0.39, 0.29) is 25.0 Å². The molecule has 0 bridgehead atoms. The third-order valence-corrected chi connectivity index (χ3v) is 3.24. The zero-order chi connectivity index (χ0) is 18.3. The number of benzene rings is 1. The number of halogens is 2. The number of primary amides is 1. The van der Waals surface area contributed by atoms with Crippen molar-refractivity contribution in [3.8, 4) is 0 Å². The molecule has 0 radical (unpaired) electrons. The summed E-state index contributed by atoms with van der Waals surface area (Å²) in [5.74, 6) is -4.22. The van der Waals surface area contributed by atoms with Crippen LogP contribution in [0.5, 0.6) is 0 Å². The Labute approximate surface area is 138 Å². The van der Waals surface area contributed by atoms with Crippen molar-refractivity contribution in [3.05, 3.63) is 35.4 Å². The summed E-state index contributed by atoms with van der Waals surface area (Å²) >= 11 is 0. The number of amides is 2. The van der Waals surface area contributed by atoms with Crippen LogP contribution in [0.4, 0.5) is 8.78 Å². The van der Waals surface area contributed by atoms with Crippen molar-refractivity contribution in [3.63, 3.8) is 0 Å². The molecule has 0 aliphatic carbocycles. The van der Waals surface area contributed by atoms with Gasteiger partial charge in [-0.05, 0) is 31.0 Å². The second kappa shape index (κ2) is 8.95. The molecule has 2 amide bonds. The van der Waals surface area contributed by atoms with E-state index in [1.54, 1.807) is 13.8 Å². The molecule has 0 saturated heterocycles. The van der Waals surface area contributed by atoms with E-state index in [9.17, 15) is 23.2 Å². The first-order chi connectivity index (χ1) is 11.2. The summed E-state index contributed by atoms with van der Waals surface area (Å²) < 4.78 is 31.0. The predicted molar refractivity (Wildman–Crippen MR) is 81.6 cm³/mol. The summed E-state index contributed by atoms with van der Waals surface area (Å²) in [4.78, 5) is 35.0. The molecule has 6 nitrogen and oxygen atoms in total. The van der Waals surface area contributed by atoms with Gasteiger partial charge < -0.3 is 15.8 Å². The molecule has 0 aromatic heterocycles. The third-order valence-electron chi connectivity index (χ3n) is 3.24. The first kappa shape index (κ1) is 19.5. The van der Waals surface area contributed by atoms with Gasteiger partial charge in [-0.15, -0.1) is 0 Å². The lowest BCUT2D eigenvalue weighted by molar-refractivity contribution is -0.148. The summed E-state index contributed by atoms with van der Waals surface area (Å²) in [6.45, 7) is 3.39. The highest BCUT2D eigenvalue weighted by Crippen LogP contribution is 2.11. The molecule has 24 heavy (non-hydrogen) atoms. The molecule has 1 aromatic carbocycles. The van der Waals surface area contributed by atoms with Gasteiger partial charge in [-0.25, -0.2) is 8.78 Å². The van der Waals surface area contributed by atoms with Crippen molar-refractivity contribution in [2.75, 3.05) is 6.61 Å². The second-order valence-electron chi connectivity index (χ2n) is 5.37.